The Morgan fingerprint density at radius 3 is 2.14 bits per heavy atom. The Morgan fingerprint density at radius 1 is 1.00 bits per heavy atom. The molecule has 0 unspecified atom stereocenters. The van der Waals surface area contributed by atoms with E-state index in [4.69, 9.17) is 0 Å². The van der Waals surface area contributed by atoms with Crippen LogP contribution in [0, 0.1) is 11.3 Å². The van der Waals surface area contributed by atoms with Crippen LogP contribution in [-0.4, -0.2) is 64.6 Å². The SMILES string of the molecule is CC(C)C[C@H](NC(=O)[C@@H](NC(=O)[C@H](Cc1ccc(O)cc1)NC(=O)[C@@H]1CCCN1)C(C)(C)C)C(=O)O. The van der Waals surface area contributed by atoms with E-state index in [2.05, 4.69) is 21.3 Å². The highest BCUT2D eigenvalue weighted by atomic mass is 16.4. The number of carboxylic acids is 1. The molecule has 0 aliphatic carbocycles. The van der Waals surface area contributed by atoms with Crippen molar-refractivity contribution in [1.29, 1.82) is 0 Å². The van der Waals surface area contributed by atoms with Crippen molar-refractivity contribution in [3.05, 3.63) is 29.8 Å². The molecule has 0 spiro atoms. The molecule has 1 heterocycles. The van der Waals surface area contributed by atoms with Crippen LogP contribution < -0.4 is 21.3 Å². The summed E-state index contributed by atoms with van der Waals surface area (Å²) in [5.41, 5.74) is -0.0203. The number of aliphatic carboxylic acids is 1. The summed E-state index contributed by atoms with van der Waals surface area (Å²) in [6.07, 6.45) is 1.92. The zero-order valence-electron chi connectivity index (χ0n) is 21.8. The van der Waals surface area contributed by atoms with Crippen LogP contribution in [-0.2, 0) is 25.6 Å². The van der Waals surface area contributed by atoms with Crippen molar-refractivity contribution < 1.29 is 29.4 Å². The number of carboxylic acid groups (broad SMARTS) is 1. The van der Waals surface area contributed by atoms with Gasteiger partial charge in [0.2, 0.25) is 17.7 Å². The Morgan fingerprint density at radius 2 is 1.64 bits per heavy atom. The number of amides is 3. The number of benzene rings is 1. The van der Waals surface area contributed by atoms with Gasteiger partial charge in [0.1, 0.15) is 23.9 Å². The van der Waals surface area contributed by atoms with E-state index in [1.165, 1.54) is 12.1 Å². The van der Waals surface area contributed by atoms with Crippen LogP contribution in [0.3, 0.4) is 0 Å². The average molecular weight is 505 g/mol. The van der Waals surface area contributed by atoms with E-state index < -0.39 is 47.4 Å². The largest absolute Gasteiger partial charge is 0.508 e. The molecule has 2 rings (SSSR count). The molecule has 0 bridgehead atoms. The van der Waals surface area contributed by atoms with Crippen molar-refractivity contribution in [3.63, 3.8) is 0 Å². The third-order valence-corrected chi connectivity index (χ3v) is 6.12. The molecule has 1 aromatic carbocycles. The average Bonchev–Trinajstić information content (AvgIpc) is 3.31. The summed E-state index contributed by atoms with van der Waals surface area (Å²) in [4.78, 5) is 51.1. The van der Waals surface area contributed by atoms with Gasteiger partial charge in [-0.05, 0) is 54.8 Å². The number of phenolic OH excluding ortho intramolecular Hbond substituents is 1. The van der Waals surface area contributed by atoms with Gasteiger partial charge in [0.05, 0.1) is 6.04 Å². The molecule has 0 radical (unpaired) electrons. The number of hydrogen-bond donors (Lipinski definition) is 6. The Labute approximate surface area is 212 Å². The summed E-state index contributed by atoms with van der Waals surface area (Å²) >= 11 is 0. The van der Waals surface area contributed by atoms with Crippen LogP contribution in [0.2, 0.25) is 0 Å². The second kappa shape index (κ2) is 12.7. The predicted octanol–water partition coefficient (Wildman–Crippen LogP) is 1.32. The molecule has 1 aromatic rings. The molecule has 10 nitrogen and oxygen atoms in total. The van der Waals surface area contributed by atoms with Crippen molar-refractivity contribution in [3.8, 4) is 5.75 Å². The second-order valence-electron chi connectivity index (χ2n) is 10.9. The Kier molecular flexibility index (Phi) is 10.3. The fraction of sp³-hybridized carbons (Fsp3) is 0.615. The first-order valence-corrected chi connectivity index (χ1v) is 12.4. The molecule has 4 atom stereocenters. The summed E-state index contributed by atoms with van der Waals surface area (Å²) < 4.78 is 0. The van der Waals surface area contributed by atoms with Crippen LogP contribution in [0.15, 0.2) is 24.3 Å². The lowest BCUT2D eigenvalue weighted by molar-refractivity contribution is -0.143. The van der Waals surface area contributed by atoms with Gasteiger partial charge in [-0.1, -0.05) is 46.8 Å². The first-order valence-electron chi connectivity index (χ1n) is 12.4. The minimum atomic E-state index is -1.14. The summed E-state index contributed by atoms with van der Waals surface area (Å²) in [6.45, 7) is 9.76. The summed E-state index contributed by atoms with van der Waals surface area (Å²) in [7, 11) is 0. The normalized spacial score (nSPS) is 18.2. The van der Waals surface area contributed by atoms with Crippen molar-refractivity contribution in [2.75, 3.05) is 6.54 Å². The molecule has 0 saturated carbocycles. The van der Waals surface area contributed by atoms with E-state index in [9.17, 15) is 29.4 Å². The van der Waals surface area contributed by atoms with Gasteiger partial charge >= 0.3 is 5.97 Å². The van der Waals surface area contributed by atoms with Gasteiger partial charge < -0.3 is 31.5 Å². The molecule has 1 fully saturated rings. The first kappa shape index (κ1) is 29.1. The van der Waals surface area contributed by atoms with Gasteiger partial charge in [-0.15, -0.1) is 0 Å². The van der Waals surface area contributed by atoms with Crippen molar-refractivity contribution in [2.45, 2.75) is 84.5 Å². The maximum atomic E-state index is 13.4. The summed E-state index contributed by atoms with van der Waals surface area (Å²) in [6, 6.07) is 2.82. The number of rotatable bonds is 11. The lowest BCUT2D eigenvalue weighted by Crippen LogP contribution is -2.60. The Bertz CT molecular complexity index is 919. The predicted molar refractivity (Wildman–Crippen MR) is 135 cm³/mol. The van der Waals surface area contributed by atoms with Crippen LogP contribution in [0.4, 0.5) is 0 Å². The number of aromatic hydroxyl groups is 1. The third-order valence-electron chi connectivity index (χ3n) is 6.12. The van der Waals surface area contributed by atoms with E-state index in [0.717, 1.165) is 13.0 Å². The van der Waals surface area contributed by atoms with Gasteiger partial charge in [0, 0.05) is 6.42 Å². The second-order valence-corrected chi connectivity index (χ2v) is 10.9. The van der Waals surface area contributed by atoms with Gasteiger partial charge in [0.25, 0.3) is 0 Å². The molecule has 200 valence electrons. The minimum absolute atomic E-state index is 0.0446. The molecule has 1 saturated heterocycles. The van der Waals surface area contributed by atoms with Gasteiger partial charge in [-0.2, -0.15) is 0 Å². The van der Waals surface area contributed by atoms with Crippen molar-refractivity contribution >= 4 is 23.7 Å². The Balaban J connectivity index is 2.23. The van der Waals surface area contributed by atoms with Crippen LogP contribution >= 0.6 is 0 Å². The monoisotopic (exact) mass is 504 g/mol. The highest BCUT2D eigenvalue weighted by molar-refractivity contribution is 5.94. The van der Waals surface area contributed by atoms with E-state index in [0.29, 0.717) is 12.0 Å². The third kappa shape index (κ3) is 8.82. The number of phenols is 1. The van der Waals surface area contributed by atoms with E-state index >= 15 is 0 Å². The molecule has 3 amide bonds. The zero-order chi connectivity index (χ0) is 27.0. The van der Waals surface area contributed by atoms with Crippen molar-refractivity contribution in [2.24, 2.45) is 11.3 Å². The molecule has 10 heteroatoms. The minimum Gasteiger partial charge on any atom is -0.508 e. The lowest BCUT2D eigenvalue weighted by atomic mass is 9.85. The van der Waals surface area contributed by atoms with E-state index in [-0.39, 0.29) is 30.4 Å². The summed E-state index contributed by atoms with van der Waals surface area (Å²) in [5, 5.41) is 30.3. The smallest absolute Gasteiger partial charge is 0.326 e. The highest BCUT2D eigenvalue weighted by Crippen LogP contribution is 2.21. The van der Waals surface area contributed by atoms with Gasteiger partial charge in [-0.25, -0.2) is 4.79 Å². The van der Waals surface area contributed by atoms with Crippen molar-refractivity contribution in [1.82, 2.24) is 21.3 Å². The fourth-order valence-electron chi connectivity index (χ4n) is 4.12. The van der Waals surface area contributed by atoms with E-state index in [1.54, 1.807) is 32.9 Å². The molecule has 1 aliphatic heterocycles. The molecule has 6 N–H and O–H groups in total. The number of carbonyl (C=O) groups is 4. The van der Waals surface area contributed by atoms with Gasteiger partial charge in [0.15, 0.2) is 0 Å². The summed E-state index contributed by atoms with van der Waals surface area (Å²) in [5.74, 6) is -2.47. The quantitative estimate of drug-likeness (QED) is 0.265. The molecule has 1 aliphatic rings. The number of hydrogen-bond acceptors (Lipinski definition) is 6. The lowest BCUT2D eigenvalue weighted by Gasteiger charge is -2.33. The van der Waals surface area contributed by atoms with Gasteiger partial charge in [-0.3, -0.25) is 14.4 Å². The molecular weight excluding hydrogens is 464 g/mol. The maximum absolute atomic E-state index is 13.4. The van der Waals surface area contributed by atoms with Crippen LogP contribution in [0.5, 0.6) is 5.75 Å². The van der Waals surface area contributed by atoms with Crippen LogP contribution in [0.1, 0.15) is 59.4 Å². The fourth-order valence-corrected chi connectivity index (χ4v) is 4.12. The van der Waals surface area contributed by atoms with E-state index in [1.807, 2.05) is 13.8 Å². The highest BCUT2D eigenvalue weighted by Gasteiger charge is 2.37. The molecular formula is C26H40N4O6. The maximum Gasteiger partial charge on any atom is 0.326 e. The molecule has 0 aromatic heterocycles. The number of nitrogens with one attached hydrogen (secondary N) is 4. The topological polar surface area (TPSA) is 157 Å². The Hall–Kier alpha value is -3.14. The molecule has 36 heavy (non-hydrogen) atoms. The zero-order valence-corrected chi connectivity index (χ0v) is 21.8. The number of carbonyl (C=O) groups excluding carboxylic acids is 3. The van der Waals surface area contributed by atoms with Crippen LogP contribution in [0.25, 0.3) is 0 Å². The first-order chi connectivity index (χ1) is 16.8. The standard InChI is InChI=1S/C26H40N4O6/c1-15(2)13-20(25(35)36)29-24(34)21(26(3,4)5)30-23(33)19(14-16-8-10-17(31)11-9-16)28-22(32)18-7-6-12-27-18/h8-11,15,18-21,27,31H,6-7,12-14H2,1-5H3,(H,28,32)(H,29,34)(H,30,33)(H,35,36)/t18-,19-,20-,21+/m0/s1.